The van der Waals surface area contributed by atoms with E-state index in [4.69, 9.17) is 5.73 Å². The Bertz CT molecular complexity index is 1640. The number of nitrogens with one attached hydrogen (secondary N) is 2. The summed E-state index contributed by atoms with van der Waals surface area (Å²) in [6.07, 6.45) is 7.08. The Morgan fingerprint density at radius 2 is 1.44 bits per heavy atom. The number of aryl methyl sites for hydroxylation is 1. The molecule has 0 radical (unpaired) electrons. The molecule has 9 nitrogen and oxygen atoms in total. The smallest absolute Gasteiger partial charge is 0.253 e. The Labute approximate surface area is 295 Å². The van der Waals surface area contributed by atoms with Gasteiger partial charge in [-0.1, -0.05) is 84.9 Å². The second-order valence-electron chi connectivity index (χ2n) is 12.8. The Kier molecular flexibility index (Phi) is 13.4. The molecule has 1 aliphatic heterocycles. The van der Waals surface area contributed by atoms with E-state index in [0.29, 0.717) is 31.7 Å². The molecule has 256 valence electrons. The summed E-state index contributed by atoms with van der Waals surface area (Å²) in [7, 11) is 0. The molecule has 4 N–H and O–H groups in total. The molecular weight excluding hydrogens is 647 g/mol. The molecule has 2 heterocycles. The summed E-state index contributed by atoms with van der Waals surface area (Å²) in [4.78, 5) is 46.9. The zero-order valence-electron chi connectivity index (χ0n) is 27.7. The molecule has 1 saturated heterocycles. The van der Waals surface area contributed by atoms with Crippen LogP contribution in [0.3, 0.4) is 0 Å². The maximum atomic E-state index is 14.1. The van der Waals surface area contributed by atoms with Gasteiger partial charge in [-0.25, -0.2) is 4.98 Å². The predicted octanol–water partition coefficient (Wildman–Crippen LogP) is 5.96. The van der Waals surface area contributed by atoms with Crippen LogP contribution in [0.2, 0.25) is 0 Å². The van der Waals surface area contributed by atoms with E-state index < -0.39 is 28.9 Å². The Morgan fingerprint density at radius 1 is 0.854 bits per heavy atom. The summed E-state index contributed by atoms with van der Waals surface area (Å²) >= 11 is 0. The summed E-state index contributed by atoms with van der Waals surface area (Å²) in [5, 5.41) is 5.71. The van der Waals surface area contributed by atoms with Gasteiger partial charge in [0.25, 0.3) is 5.91 Å². The quantitative estimate of drug-likeness (QED) is 0.169. The second kappa shape index (κ2) is 16.8. The summed E-state index contributed by atoms with van der Waals surface area (Å²) in [6, 6.07) is 27.3. The lowest BCUT2D eigenvalue weighted by Gasteiger charge is -2.34. The van der Waals surface area contributed by atoms with Crippen molar-refractivity contribution in [1.29, 1.82) is 0 Å². The maximum Gasteiger partial charge on any atom is 0.253 e. The maximum absolute atomic E-state index is 14.1. The second-order valence-corrected chi connectivity index (χ2v) is 12.8. The van der Waals surface area contributed by atoms with Crippen molar-refractivity contribution in [3.8, 4) is 11.1 Å². The van der Waals surface area contributed by atoms with E-state index in [-0.39, 0.29) is 30.7 Å². The lowest BCUT2D eigenvalue weighted by atomic mass is 9.88. The Morgan fingerprint density at radius 3 is 2.04 bits per heavy atom. The largest absolute Gasteiger partial charge is 0.343 e. The van der Waals surface area contributed by atoms with Crippen LogP contribution in [0.25, 0.3) is 11.1 Å². The topological polar surface area (TPSA) is 122 Å². The van der Waals surface area contributed by atoms with Gasteiger partial charge in [0.05, 0.1) is 11.9 Å². The lowest BCUT2D eigenvalue weighted by molar-refractivity contribution is -0.137. The molecule has 4 aromatic rings. The van der Waals surface area contributed by atoms with Crippen LogP contribution in [0.1, 0.15) is 57.6 Å². The predicted molar refractivity (Wildman–Crippen MR) is 195 cm³/mol. The van der Waals surface area contributed by atoms with E-state index in [9.17, 15) is 14.4 Å². The molecule has 1 unspecified atom stereocenters. The van der Waals surface area contributed by atoms with Gasteiger partial charge in [-0.05, 0) is 75.1 Å². The van der Waals surface area contributed by atoms with Gasteiger partial charge in [-0.3, -0.25) is 14.4 Å². The molecule has 3 aromatic carbocycles. The van der Waals surface area contributed by atoms with E-state index >= 15 is 0 Å². The zero-order valence-corrected chi connectivity index (χ0v) is 29.4. The van der Waals surface area contributed by atoms with Crippen LogP contribution < -0.4 is 16.4 Å². The number of likely N-dealkylation sites (tertiary alicyclic amines) is 1. The molecule has 11 heteroatoms. The molecule has 1 aliphatic rings. The number of hydrogen-bond donors (Lipinski definition) is 3. The van der Waals surface area contributed by atoms with Gasteiger partial charge in [0.2, 0.25) is 11.8 Å². The number of hydrogen-bond acceptors (Lipinski definition) is 5. The fourth-order valence-electron chi connectivity index (χ4n) is 5.84. The van der Waals surface area contributed by atoms with Gasteiger partial charge in [0.1, 0.15) is 11.6 Å². The van der Waals surface area contributed by atoms with Crippen LogP contribution in [0, 0.1) is 0 Å². The molecular formula is C37H46Cl2N6O3. The van der Waals surface area contributed by atoms with Crippen molar-refractivity contribution in [2.75, 3.05) is 18.4 Å². The minimum Gasteiger partial charge on any atom is -0.343 e. The highest BCUT2D eigenvalue weighted by Crippen LogP contribution is 2.33. The molecule has 3 amide bonds. The summed E-state index contributed by atoms with van der Waals surface area (Å²) in [5.74, 6) is -0.541. The number of anilines is 1. The van der Waals surface area contributed by atoms with Crippen molar-refractivity contribution < 1.29 is 14.4 Å². The van der Waals surface area contributed by atoms with Crippen LogP contribution in [-0.4, -0.2) is 56.8 Å². The molecule has 0 saturated carbocycles. The first kappa shape index (κ1) is 38.3. The Balaban J connectivity index is 0.00000312. The fraction of sp³-hybridized carbons (Fsp3) is 0.351. The van der Waals surface area contributed by atoms with Gasteiger partial charge in [0.15, 0.2) is 5.82 Å². The van der Waals surface area contributed by atoms with E-state index in [0.717, 1.165) is 41.5 Å². The number of halogens is 2. The molecule has 1 aromatic heterocycles. The van der Waals surface area contributed by atoms with Crippen LogP contribution in [0.15, 0.2) is 97.5 Å². The SMILES string of the molecule is CC(C)(N)C(=O)N[C@H](CCCc1ccccc1)C(=O)Nc1cn(C(C)(C(=O)N2CCCC2)c2ccc(-c3ccccc3)cc2)cn1.Cl.Cl. The van der Waals surface area contributed by atoms with Crippen molar-refractivity contribution in [2.45, 2.75) is 70.0 Å². The van der Waals surface area contributed by atoms with Gasteiger partial charge >= 0.3 is 0 Å². The molecule has 48 heavy (non-hydrogen) atoms. The number of aromatic nitrogens is 2. The van der Waals surface area contributed by atoms with Crippen molar-refractivity contribution in [2.24, 2.45) is 5.73 Å². The van der Waals surface area contributed by atoms with Gasteiger partial charge in [-0.15, -0.1) is 24.8 Å². The summed E-state index contributed by atoms with van der Waals surface area (Å²) < 4.78 is 1.77. The van der Waals surface area contributed by atoms with E-state index in [1.54, 1.807) is 30.9 Å². The number of rotatable bonds is 12. The number of benzene rings is 3. The average Bonchev–Trinajstić information content (AvgIpc) is 3.77. The summed E-state index contributed by atoms with van der Waals surface area (Å²) in [5.41, 5.74) is 7.92. The van der Waals surface area contributed by atoms with Gasteiger partial charge < -0.3 is 25.8 Å². The van der Waals surface area contributed by atoms with Crippen LogP contribution in [0.4, 0.5) is 5.82 Å². The number of nitrogens with two attached hydrogens (primary N) is 1. The van der Waals surface area contributed by atoms with E-state index in [2.05, 4.69) is 27.8 Å². The molecule has 1 fully saturated rings. The number of nitrogens with zero attached hydrogens (tertiary/aromatic N) is 3. The van der Waals surface area contributed by atoms with E-state index in [1.165, 1.54) is 0 Å². The molecule has 0 spiro atoms. The molecule has 2 atom stereocenters. The van der Waals surface area contributed by atoms with Crippen molar-refractivity contribution in [3.63, 3.8) is 0 Å². The minimum absolute atomic E-state index is 0. The van der Waals surface area contributed by atoms with Crippen LogP contribution >= 0.6 is 24.8 Å². The number of imidazole rings is 1. The number of carbonyl (C=O) groups excluding carboxylic acids is 3. The van der Waals surface area contributed by atoms with Crippen molar-refractivity contribution >= 4 is 48.4 Å². The van der Waals surface area contributed by atoms with E-state index in [1.807, 2.05) is 84.6 Å². The standard InChI is InChI=1S/C37H44N6O3.2ClH/c1-36(2,38)34(45)40-31(18-12-15-27-13-6-4-7-14-27)33(44)41-32-25-43(26-39-32)37(3,35(46)42-23-10-11-24-42)30-21-19-29(20-22-30)28-16-8-5-9-17-28;;/h4-9,13-14,16-17,19-22,25-26,31H,10-12,15,18,23-24,38H2,1-3H3,(H,40,45)(H,41,44);2*1H/t31-,37?;;/m1../s1. The minimum atomic E-state index is -1.15. The highest BCUT2D eigenvalue weighted by atomic mass is 35.5. The number of amides is 3. The molecule has 5 rings (SSSR count). The average molecular weight is 694 g/mol. The first-order chi connectivity index (χ1) is 22.1. The van der Waals surface area contributed by atoms with Gasteiger partial charge in [-0.2, -0.15) is 0 Å². The first-order valence-electron chi connectivity index (χ1n) is 16.0. The number of carbonyl (C=O) groups is 3. The van der Waals surface area contributed by atoms with Crippen molar-refractivity contribution in [1.82, 2.24) is 19.8 Å². The molecule has 0 aliphatic carbocycles. The molecule has 0 bridgehead atoms. The third-order valence-electron chi connectivity index (χ3n) is 8.72. The zero-order chi connectivity index (χ0) is 32.7. The Hall–Kier alpha value is -4.18. The third-order valence-corrected chi connectivity index (χ3v) is 8.72. The summed E-state index contributed by atoms with van der Waals surface area (Å²) in [6.45, 7) is 6.52. The monoisotopic (exact) mass is 692 g/mol. The highest BCUT2D eigenvalue weighted by molar-refractivity contribution is 5.98. The fourth-order valence-corrected chi connectivity index (χ4v) is 5.84. The van der Waals surface area contributed by atoms with Crippen molar-refractivity contribution in [3.05, 3.63) is 109 Å². The normalized spacial score (nSPS) is 14.5. The lowest BCUT2D eigenvalue weighted by Crippen LogP contribution is -2.54. The highest BCUT2D eigenvalue weighted by Gasteiger charge is 2.41. The van der Waals surface area contributed by atoms with Crippen LogP contribution in [-0.2, 0) is 26.3 Å². The van der Waals surface area contributed by atoms with Gasteiger partial charge in [0, 0.05) is 19.3 Å². The first-order valence-corrected chi connectivity index (χ1v) is 16.0. The third kappa shape index (κ3) is 9.04. The van der Waals surface area contributed by atoms with Crippen LogP contribution in [0.5, 0.6) is 0 Å².